The van der Waals surface area contributed by atoms with E-state index in [-0.39, 0.29) is 12.3 Å². The smallest absolute Gasteiger partial charge is 0.159 e. The summed E-state index contributed by atoms with van der Waals surface area (Å²) in [4.78, 5) is 4.23. The zero-order valence-electron chi connectivity index (χ0n) is 11.2. The summed E-state index contributed by atoms with van der Waals surface area (Å²) in [7, 11) is 0. The van der Waals surface area contributed by atoms with E-state index in [2.05, 4.69) is 24.1 Å². The molecule has 0 aromatic carbocycles. The van der Waals surface area contributed by atoms with Gasteiger partial charge in [-0.3, -0.25) is 4.98 Å². The Hall–Kier alpha value is -0.970. The molecule has 100 valence electrons. The summed E-state index contributed by atoms with van der Waals surface area (Å²) >= 11 is 0. The van der Waals surface area contributed by atoms with Crippen molar-refractivity contribution in [1.29, 1.82) is 0 Å². The minimum absolute atomic E-state index is 0.0843. The topological polar surface area (TPSA) is 43.4 Å². The first-order valence-electron chi connectivity index (χ1n) is 6.68. The number of hydrogen-bond donors (Lipinski definition) is 1. The molecular formula is C14H22N2O2. The van der Waals surface area contributed by atoms with Crippen molar-refractivity contribution in [3.8, 4) is 0 Å². The summed E-state index contributed by atoms with van der Waals surface area (Å²) in [6.45, 7) is 6.69. The Kier molecular flexibility index (Phi) is 5.11. The molecule has 2 heterocycles. The highest BCUT2D eigenvalue weighted by atomic mass is 16.7. The largest absolute Gasteiger partial charge is 0.350 e. The molecule has 0 amide bonds. The minimum atomic E-state index is -0.0843. The number of hydrogen-bond acceptors (Lipinski definition) is 4. The van der Waals surface area contributed by atoms with Gasteiger partial charge >= 0.3 is 0 Å². The van der Waals surface area contributed by atoms with Crippen LogP contribution in [0.5, 0.6) is 0 Å². The molecule has 1 aromatic heterocycles. The lowest BCUT2D eigenvalue weighted by Crippen LogP contribution is -2.27. The van der Waals surface area contributed by atoms with Crippen LogP contribution in [0, 0.1) is 6.92 Å². The highest BCUT2D eigenvalue weighted by molar-refractivity contribution is 5.25. The Bertz CT molecular complexity index is 365. The molecule has 0 bridgehead atoms. The van der Waals surface area contributed by atoms with Crippen LogP contribution in [0.4, 0.5) is 0 Å². The van der Waals surface area contributed by atoms with Crippen molar-refractivity contribution >= 4 is 0 Å². The van der Waals surface area contributed by atoms with Crippen LogP contribution in [0.1, 0.15) is 36.9 Å². The van der Waals surface area contributed by atoms with E-state index >= 15 is 0 Å². The fourth-order valence-electron chi connectivity index (χ4n) is 2.22. The second-order valence-electron chi connectivity index (χ2n) is 4.65. The van der Waals surface area contributed by atoms with Gasteiger partial charge in [-0.15, -0.1) is 0 Å². The maximum atomic E-state index is 5.54. The second kappa shape index (κ2) is 6.83. The van der Waals surface area contributed by atoms with Crippen LogP contribution in [0.3, 0.4) is 0 Å². The Labute approximate surface area is 109 Å². The zero-order valence-corrected chi connectivity index (χ0v) is 11.2. The van der Waals surface area contributed by atoms with Gasteiger partial charge < -0.3 is 14.8 Å². The van der Waals surface area contributed by atoms with Gasteiger partial charge in [-0.2, -0.15) is 0 Å². The minimum Gasteiger partial charge on any atom is -0.350 e. The molecule has 0 aliphatic carbocycles. The summed E-state index contributed by atoms with van der Waals surface area (Å²) in [5.74, 6) is 0. The zero-order chi connectivity index (χ0) is 12.8. The van der Waals surface area contributed by atoms with Crippen LogP contribution in [-0.4, -0.2) is 31.0 Å². The number of nitrogens with one attached hydrogen (secondary N) is 1. The molecule has 4 nitrogen and oxygen atoms in total. The van der Waals surface area contributed by atoms with Crippen molar-refractivity contribution in [3.63, 3.8) is 0 Å². The molecule has 2 rings (SSSR count). The predicted octanol–water partition coefficient (Wildman–Crippen LogP) is 2.19. The van der Waals surface area contributed by atoms with Gasteiger partial charge in [0.25, 0.3) is 0 Å². The summed E-state index contributed by atoms with van der Waals surface area (Å²) in [6.07, 6.45) is 5.64. The molecule has 1 atom stereocenters. The maximum Gasteiger partial charge on any atom is 0.159 e. The van der Waals surface area contributed by atoms with Crippen LogP contribution < -0.4 is 5.32 Å². The molecule has 1 aliphatic rings. The maximum absolute atomic E-state index is 5.54. The molecule has 4 heteroatoms. The van der Waals surface area contributed by atoms with Crippen LogP contribution in [0.15, 0.2) is 18.5 Å². The number of aromatic nitrogens is 1. The number of nitrogens with zero attached hydrogens (tertiary/aromatic N) is 1. The van der Waals surface area contributed by atoms with E-state index in [1.807, 2.05) is 18.5 Å². The molecule has 1 fully saturated rings. The molecule has 1 aliphatic heterocycles. The lowest BCUT2D eigenvalue weighted by molar-refractivity contribution is -0.0530. The van der Waals surface area contributed by atoms with E-state index in [1.54, 1.807) is 0 Å². The van der Waals surface area contributed by atoms with Crippen molar-refractivity contribution in [2.45, 2.75) is 39.0 Å². The number of aryl methyl sites for hydroxylation is 1. The van der Waals surface area contributed by atoms with E-state index in [4.69, 9.17) is 9.47 Å². The van der Waals surface area contributed by atoms with Crippen molar-refractivity contribution in [3.05, 3.63) is 29.6 Å². The van der Waals surface area contributed by atoms with Gasteiger partial charge in [0.1, 0.15) is 0 Å². The molecular weight excluding hydrogens is 228 g/mol. The third-order valence-electron chi connectivity index (χ3n) is 3.21. The number of rotatable bonds is 6. The normalized spacial score (nSPS) is 18.1. The highest BCUT2D eigenvalue weighted by Gasteiger charge is 2.23. The van der Waals surface area contributed by atoms with E-state index in [0.717, 1.165) is 19.4 Å². The SMILES string of the molecule is CCCNC(CC1OCCO1)c1cnccc1C. The van der Waals surface area contributed by atoms with Gasteiger partial charge in [0, 0.05) is 24.9 Å². The van der Waals surface area contributed by atoms with E-state index < -0.39 is 0 Å². The van der Waals surface area contributed by atoms with E-state index in [1.165, 1.54) is 11.1 Å². The van der Waals surface area contributed by atoms with E-state index in [0.29, 0.717) is 13.2 Å². The average molecular weight is 250 g/mol. The quantitative estimate of drug-likeness (QED) is 0.840. The molecule has 18 heavy (non-hydrogen) atoms. The number of ether oxygens (including phenoxy) is 2. The standard InChI is InChI=1S/C14H22N2O2/c1-3-5-16-13(9-14-17-7-8-18-14)12-10-15-6-4-11(12)2/h4,6,10,13-14,16H,3,5,7-9H2,1-2H3. The van der Waals surface area contributed by atoms with Crippen molar-refractivity contribution in [1.82, 2.24) is 10.3 Å². The summed E-state index contributed by atoms with van der Waals surface area (Å²) in [6, 6.07) is 2.30. The second-order valence-corrected chi connectivity index (χ2v) is 4.65. The summed E-state index contributed by atoms with van der Waals surface area (Å²) < 4.78 is 11.1. The van der Waals surface area contributed by atoms with E-state index in [9.17, 15) is 0 Å². The molecule has 0 saturated carbocycles. The molecule has 0 radical (unpaired) electrons. The Balaban J connectivity index is 2.06. The van der Waals surface area contributed by atoms with Gasteiger partial charge in [0.15, 0.2) is 6.29 Å². The van der Waals surface area contributed by atoms with Gasteiger partial charge in [-0.05, 0) is 37.1 Å². The average Bonchev–Trinajstić information content (AvgIpc) is 2.88. The molecule has 1 N–H and O–H groups in total. The van der Waals surface area contributed by atoms with Gasteiger partial charge in [-0.1, -0.05) is 6.92 Å². The lowest BCUT2D eigenvalue weighted by atomic mass is 10.0. The fraction of sp³-hybridized carbons (Fsp3) is 0.643. The summed E-state index contributed by atoms with van der Waals surface area (Å²) in [5, 5.41) is 3.55. The Morgan fingerprint density at radius 2 is 2.22 bits per heavy atom. The van der Waals surface area contributed by atoms with Crippen molar-refractivity contribution in [2.24, 2.45) is 0 Å². The van der Waals surface area contributed by atoms with Gasteiger partial charge in [0.2, 0.25) is 0 Å². The van der Waals surface area contributed by atoms with Crippen LogP contribution in [0.2, 0.25) is 0 Å². The summed E-state index contributed by atoms with van der Waals surface area (Å²) in [5.41, 5.74) is 2.50. The Morgan fingerprint density at radius 3 is 2.89 bits per heavy atom. The fourth-order valence-corrected chi connectivity index (χ4v) is 2.22. The first-order chi connectivity index (χ1) is 8.81. The van der Waals surface area contributed by atoms with Crippen LogP contribution >= 0.6 is 0 Å². The van der Waals surface area contributed by atoms with Crippen molar-refractivity contribution < 1.29 is 9.47 Å². The highest BCUT2D eigenvalue weighted by Crippen LogP contribution is 2.24. The van der Waals surface area contributed by atoms with Crippen molar-refractivity contribution in [2.75, 3.05) is 19.8 Å². The van der Waals surface area contributed by atoms with Gasteiger partial charge in [0.05, 0.1) is 13.2 Å². The monoisotopic (exact) mass is 250 g/mol. The Morgan fingerprint density at radius 1 is 1.44 bits per heavy atom. The van der Waals surface area contributed by atoms with Crippen LogP contribution in [-0.2, 0) is 9.47 Å². The molecule has 1 saturated heterocycles. The molecule has 1 aromatic rings. The molecule has 1 unspecified atom stereocenters. The van der Waals surface area contributed by atoms with Gasteiger partial charge in [-0.25, -0.2) is 0 Å². The third-order valence-corrected chi connectivity index (χ3v) is 3.21. The lowest BCUT2D eigenvalue weighted by Gasteiger charge is -2.22. The first-order valence-corrected chi connectivity index (χ1v) is 6.68. The first kappa shape index (κ1) is 13.5. The third kappa shape index (κ3) is 3.51. The van der Waals surface area contributed by atoms with Crippen LogP contribution in [0.25, 0.3) is 0 Å². The number of pyridine rings is 1. The molecule has 0 spiro atoms. The predicted molar refractivity (Wildman–Crippen MR) is 70.3 cm³/mol.